The Labute approximate surface area is 338 Å². The highest BCUT2D eigenvalue weighted by Crippen LogP contribution is 2.40. The molecule has 6 aromatic rings. The van der Waals surface area contributed by atoms with Crippen LogP contribution in [0.5, 0.6) is 0 Å². The van der Waals surface area contributed by atoms with Gasteiger partial charge in [-0.25, -0.2) is 4.39 Å². The van der Waals surface area contributed by atoms with Gasteiger partial charge in [-0.2, -0.15) is 26.3 Å². The number of aromatic nitrogens is 6. The molecule has 2 fully saturated rings. The molecule has 2 saturated heterocycles. The summed E-state index contributed by atoms with van der Waals surface area (Å²) in [5.41, 5.74) is 0.442. The average molecular weight is 838 g/mol. The number of hydrogen-bond acceptors (Lipinski definition) is 7. The molecule has 0 saturated carbocycles. The third-order valence-corrected chi connectivity index (χ3v) is 10.8. The van der Waals surface area contributed by atoms with Gasteiger partial charge in [0.05, 0.1) is 11.1 Å². The number of pyridine rings is 2. The molecule has 0 bridgehead atoms. The Morgan fingerprint density at radius 1 is 0.617 bits per heavy atom. The van der Waals surface area contributed by atoms with Crippen LogP contribution in [0, 0.1) is 5.82 Å². The van der Waals surface area contributed by atoms with Gasteiger partial charge in [0.2, 0.25) is 11.6 Å². The summed E-state index contributed by atoms with van der Waals surface area (Å²) in [7, 11) is 3.28. The van der Waals surface area contributed by atoms with Crippen LogP contribution in [-0.4, -0.2) is 102 Å². The second-order valence-electron chi connectivity index (χ2n) is 14.8. The molecule has 6 heterocycles. The molecular weight excluding hydrogens is 799 g/mol. The highest BCUT2D eigenvalue weighted by molar-refractivity contribution is 5.95. The molecule has 0 unspecified atom stereocenters. The number of alkyl halides is 6. The fourth-order valence-corrected chi connectivity index (χ4v) is 7.73. The molecule has 0 N–H and O–H groups in total. The Hall–Kier alpha value is -6.40. The molecule has 4 aromatic heterocycles. The maximum atomic E-state index is 13.5. The van der Waals surface area contributed by atoms with Gasteiger partial charge in [0.1, 0.15) is 5.82 Å². The van der Waals surface area contributed by atoms with Crippen molar-refractivity contribution in [1.29, 1.82) is 0 Å². The third kappa shape index (κ3) is 8.65. The lowest BCUT2D eigenvalue weighted by atomic mass is 9.86. The highest BCUT2D eigenvalue weighted by Gasteiger charge is 2.38. The van der Waals surface area contributed by atoms with E-state index in [1.165, 1.54) is 55.0 Å². The monoisotopic (exact) mass is 837 g/mol. The first-order chi connectivity index (χ1) is 28.5. The van der Waals surface area contributed by atoms with Crippen molar-refractivity contribution in [1.82, 2.24) is 43.9 Å². The summed E-state index contributed by atoms with van der Waals surface area (Å²) in [6, 6.07) is 17.0. The van der Waals surface area contributed by atoms with Crippen molar-refractivity contribution in [3.63, 3.8) is 0 Å². The topological polar surface area (TPSA) is 121 Å². The summed E-state index contributed by atoms with van der Waals surface area (Å²) < 4.78 is 96.1. The largest absolute Gasteiger partial charge is 0.416 e. The number of carbonyl (C=O) groups excluding carboxylic acids is 3. The maximum Gasteiger partial charge on any atom is 0.416 e. The van der Waals surface area contributed by atoms with Gasteiger partial charge in [-0.15, -0.1) is 20.4 Å². The molecule has 2 aliphatic rings. The smallest absolute Gasteiger partial charge is 0.345 e. The van der Waals surface area contributed by atoms with Crippen LogP contribution in [0.2, 0.25) is 0 Å². The summed E-state index contributed by atoms with van der Waals surface area (Å²) in [6.07, 6.45) is -4.44. The van der Waals surface area contributed by atoms with Crippen molar-refractivity contribution in [2.45, 2.75) is 49.9 Å². The number of fused-ring (bicyclic) bond motifs is 2. The van der Waals surface area contributed by atoms with E-state index in [1.54, 1.807) is 49.5 Å². The number of amides is 3. The molecule has 2 aliphatic heterocycles. The van der Waals surface area contributed by atoms with Gasteiger partial charge in [0.25, 0.3) is 17.7 Å². The standard InChI is InChI=1S/C22H22F3N5O2.C19H16F4N4O/c1-28(2)20(31)15-9-12-30-18(13-15)26-27-19(30)21(32)29-10-7-14(8-11-29)16-5-3-4-6-17(16)22(23,24)25;20-13-5-6-16-24-25-17(27(16)11-13)18(28)26-9-7-12(8-10-26)14-3-1-2-4-15(14)19(21,22)23/h3-6,9,12-14H,7-8,10-11H2,1-2H3;1-6,11-12H,7-10H2. The molecule has 0 atom stereocenters. The Kier molecular flexibility index (Phi) is 11.6. The number of carbonyl (C=O) groups is 3. The summed E-state index contributed by atoms with van der Waals surface area (Å²) >= 11 is 0. The molecule has 3 amide bonds. The van der Waals surface area contributed by atoms with Gasteiger partial charge >= 0.3 is 12.4 Å². The summed E-state index contributed by atoms with van der Waals surface area (Å²) in [5.74, 6) is -1.93. The molecule has 8 rings (SSSR count). The number of rotatable bonds is 5. The quantitative estimate of drug-likeness (QED) is 0.166. The van der Waals surface area contributed by atoms with Crippen molar-refractivity contribution in [3.05, 3.63) is 130 Å². The summed E-state index contributed by atoms with van der Waals surface area (Å²) in [5, 5.41) is 15.7. The van der Waals surface area contributed by atoms with Crippen LogP contribution in [0.1, 0.15) is 91.4 Å². The fraction of sp³-hybridized carbons (Fsp3) is 0.341. The van der Waals surface area contributed by atoms with Crippen LogP contribution < -0.4 is 0 Å². The maximum absolute atomic E-state index is 13.5. The van der Waals surface area contributed by atoms with Crippen LogP contribution in [0.3, 0.4) is 0 Å². The number of halogens is 7. The molecular formula is C41H38F7N9O3. The highest BCUT2D eigenvalue weighted by atomic mass is 19.4. The minimum atomic E-state index is -4.41. The van der Waals surface area contributed by atoms with Crippen molar-refractivity contribution in [3.8, 4) is 0 Å². The zero-order chi connectivity index (χ0) is 42.9. The predicted molar refractivity (Wildman–Crippen MR) is 203 cm³/mol. The van der Waals surface area contributed by atoms with Gasteiger partial charge < -0.3 is 14.7 Å². The van der Waals surface area contributed by atoms with E-state index in [0.29, 0.717) is 68.7 Å². The number of likely N-dealkylation sites (tertiary alicyclic amines) is 2. The number of hydrogen-bond donors (Lipinski definition) is 0. The van der Waals surface area contributed by atoms with Crippen molar-refractivity contribution < 1.29 is 45.1 Å². The normalized spacial score (nSPS) is 15.6. The zero-order valence-electron chi connectivity index (χ0n) is 32.3. The number of benzene rings is 2. The average Bonchev–Trinajstić information content (AvgIpc) is 3.86. The molecule has 0 spiro atoms. The van der Waals surface area contributed by atoms with E-state index in [9.17, 15) is 45.1 Å². The van der Waals surface area contributed by atoms with E-state index in [2.05, 4.69) is 20.4 Å². The molecule has 60 heavy (non-hydrogen) atoms. The molecule has 0 radical (unpaired) electrons. The molecule has 2 aromatic carbocycles. The van der Waals surface area contributed by atoms with E-state index in [4.69, 9.17) is 0 Å². The van der Waals surface area contributed by atoms with Crippen LogP contribution in [0.15, 0.2) is 85.2 Å². The van der Waals surface area contributed by atoms with E-state index in [0.717, 1.165) is 18.3 Å². The Morgan fingerprint density at radius 2 is 1.08 bits per heavy atom. The van der Waals surface area contributed by atoms with Gasteiger partial charge in [0.15, 0.2) is 11.3 Å². The first kappa shape index (κ1) is 41.7. The minimum Gasteiger partial charge on any atom is -0.345 e. The van der Waals surface area contributed by atoms with Crippen molar-refractivity contribution in [2.24, 2.45) is 0 Å². The lowest BCUT2D eigenvalue weighted by Crippen LogP contribution is -2.39. The second-order valence-corrected chi connectivity index (χ2v) is 14.8. The molecule has 314 valence electrons. The molecule has 0 aliphatic carbocycles. The lowest BCUT2D eigenvalue weighted by Gasteiger charge is -2.32. The first-order valence-electron chi connectivity index (χ1n) is 19.0. The Bertz CT molecular complexity index is 2530. The van der Waals surface area contributed by atoms with Crippen LogP contribution in [-0.2, 0) is 12.4 Å². The van der Waals surface area contributed by atoms with Gasteiger partial charge in [-0.05, 0) is 85.0 Å². The number of piperidine rings is 2. The van der Waals surface area contributed by atoms with Gasteiger partial charge in [-0.3, -0.25) is 23.2 Å². The fourth-order valence-electron chi connectivity index (χ4n) is 7.73. The number of nitrogens with zero attached hydrogens (tertiary/aromatic N) is 9. The van der Waals surface area contributed by atoms with Crippen LogP contribution >= 0.6 is 0 Å². The summed E-state index contributed by atoms with van der Waals surface area (Å²) in [4.78, 5) is 42.5. The van der Waals surface area contributed by atoms with Crippen LogP contribution in [0.4, 0.5) is 30.7 Å². The Balaban J connectivity index is 0.000000183. The summed E-state index contributed by atoms with van der Waals surface area (Å²) in [6.45, 7) is 1.23. The zero-order valence-corrected chi connectivity index (χ0v) is 32.3. The first-order valence-corrected chi connectivity index (χ1v) is 19.0. The predicted octanol–water partition coefficient (Wildman–Crippen LogP) is 7.38. The van der Waals surface area contributed by atoms with Gasteiger partial charge in [0, 0.05) is 58.2 Å². The van der Waals surface area contributed by atoms with E-state index < -0.39 is 35.2 Å². The molecule has 12 nitrogen and oxygen atoms in total. The van der Waals surface area contributed by atoms with E-state index >= 15 is 0 Å². The Morgan fingerprint density at radius 3 is 1.57 bits per heavy atom. The van der Waals surface area contributed by atoms with Crippen molar-refractivity contribution >= 4 is 29.0 Å². The van der Waals surface area contributed by atoms with E-state index in [-0.39, 0.29) is 46.4 Å². The van der Waals surface area contributed by atoms with E-state index in [1.807, 2.05) is 0 Å². The van der Waals surface area contributed by atoms with Gasteiger partial charge in [-0.1, -0.05) is 36.4 Å². The second kappa shape index (κ2) is 16.7. The molecule has 19 heteroatoms. The van der Waals surface area contributed by atoms with Crippen LogP contribution in [0.25, 0.3) is 11.3 Å². The minimum absolute atomic E-state index is 0.0105. The lowest BCUT2D eigenvalue weighted by molar-refractivity contribution is -0.139. The SMILES string of the molecule is CN(C)C(=O)c1ccn2c(C(=O)N3CCC(c4ccccc4C(F)(F)F)CC3)nnc2c1.O=C(c1nnc2ccc(F)cn12)N1CCC(c2ccccc2C(F)(F)F)CC1. The third-order valence-electron chi connectivity index (χ3n) is 10.8. The van der Waals surface area contributed by atoms with Crippen molar-refractivity contribution in [2.75, 3.05) is 40.3 Å².